The van der Waals surface area contributed by atoms with E-state index >= 15 is 0 Å². The molecule has 140 valence electrons. The number of aromatic nitrogens is 1. The third-order valence-corrected chi connectivity index (χ3v) is 4.87. The molecule has 1 N–H and O–H groups in total. The molecule has 27 heavy (non-hydrogen) atoms. The third kappa shape index (κ3) is 4.94. The fraction of sp³-hybridized carbons (Fsp3) is 0.333. The largest absolute Gasteiger partial charge is 0.352 e. The predicted octanol–water partition coefficient (Wildman–Crippen LogP) is 5.91. The molecule has 0 unspecified atom stereocenters. The van der Waals surface area contributed by atoms with E-state index in [0.29, 0.717) is 5.56 Å². The van der Waals surface area contributed by atoms with Gasteiger partial charge in [0.2, 0.25) is 0 Å². The van der Waals surface area contributed by atoms with E-state index in [9.17, 15) is 4.79 Å². The highest BCUT2D eigenvalue weighted by Gasteiger charge is 2.13. The molecular formula is C24H28N2O. The van der Waals surface area contributed by atoms with Crippen molar-refractivity contribution in [3.8, 4) is 11.3 Å². The zero-order valence-corrected chi connectivity index (χ0v) is 16.3. The summed E-state index contributed by atoms with van der Waals surface area (Å²) in [6.45, 7) is 5.00. The van der Waals surface area contributed by atoms with Gasteiger partial charge in [0.05, 0.1) is 16.8 Å². The van der Waals surface area contributed by atoms with E-state index in [2.05, 4.69) is 43.4 Å². The van der Waals surface area contributed by atoms with Gasteiger partial charge in [0.25, 0.3) is 5.91 Å². The average molecular weight is 361 g/mol. The first-order valence-electron chi connectivity index (χ1n) is 9.94. The van der Waals surface area contributed by atoms with Gasteiger partial charge < -0.3 is 5.32 Å². The maximum Gasteiger partial charge on any atom is 0.252 e. The van der Waals surface area contributed by atoms with Crippen molar-refractivity contribution in [3.63, 3.8) is 0 Å². The molecule has 0 bridgehead atoms. The molecule has 0 saturated carbocycles. The van der Waals surface area contributed by atoms with Crippen molar-refractivity contribution in [3.05, 3.63) is 65.7 Å². The molecule has 0 spiro atoms. The minimum Gasteiger partial charge on any atom is -0.352 e. The second kappa shape index (κ2) is 9.31. The first kappa shape index (κ1) is 19.1. The monoisotopic (exact) mass is 360 g/mol. The fourth-order valence-electron chi connectivity index (χ4n) is 3.26. The molecule has 3 aromatic rings. The molecule has 0 atom stereocenters. The lowest BCUT2D eigenvalue weighted by molar-refractivity contribution is 0.0954. The molecule has 0 aliphatic carbocycles. The number of amides is 1. The van der Waals surface area contributed by atoms with E-state index in [1.54, 1.807) is 0 Å². The number of hydrogen-bond acceptors (Lipinski definition) is 2. The molecule has 1 heterocycles. The van der Waals surface area contributed by atoms with Gasteiger partial charge in [-0.15, -0.1) is 0 Å². The molecule has 0 fully saturated rings. The molecule has 0 aliphatic rings. The maximum absolute atomic E-state index is 12.8. The van der Waals surface area contributed by atoms with Crippen molar-refractivity contribution in [2.45, 2.75) is 46.0 Å². The number of fused-ring (bicyclic) bond motifs is 1. The fourth-order valence-corrected chi connectivity index (χ4v) is 3.26. The standard InChI is InChI=1S/C24H28N2O/c1-3-4-5-6-9-16-25-24(27)21-17-23(19-14-12-18(2)13-15-19)26-22-11-8-7-10-20(21)22/h7-8,10-15,17H,3-6,9,16H2,1-2H3,(H,25,27). The summed E-state index contributed by atoms with van der Waals surface area (Å²) in [6, 6.07) is 18.0. The Morgan fingerprint density at radius 3 is 2.48 bits per heavy atom. The van der Waals surface area contributed by atoms with E-state index in [1.165, 1.54) is 31.2 Å². The third-order valence-electron chi connectivity index (χ3n) is 4.87. The molecule has 3 heteroatoms. The number of nitrogens with one attached hydrogen (secondary N) is 1. The summed E-state index contributed by atoms with van der Waals surface area (Å²) in [5.41, 5.74) is 4.62. The smallest absolute Gasteiger partial charge is 0.252 e. The van der Waals surface area contributed by atoms with Crippen LogP contribution in [0.2, 0.25) is 0 Å². The maximum atomic E-state index is 12.8. The Bertz CT molecular complexity index is 900. The van der Waals surface area contributed by atoms with Gasteiger partial charge in [0.1, 0.15) is 0 Å². The molecule has 0 radical (unpaired) electrons. The summed E-state index contributed by atoms with van der Waals surface area (Å²) in [4.78, 5) is 17.6. The molecule has 1 amide bonds. The summed E-state index contributed by atoms with van der Waals surface area (Å²) < 4.78 is 0. The number of carbonyl (C=O) groups is 1. The van der Waals surface area contributed by atoms with Crippen LogP contribution < -0.4 is 5.32 Å². The molecule has 3 rings (SSSR count). The van der Waals surface area contributed by atoms with Crippen molar-refractivity contribution >= 4 is 16.8 Å². The number of para-hydroxylation sites is 1. The van der Waals surface area contributed by atoms with Crippen molar-refractivity contribution in [1.29, 1.82) is 0 Å². The molecule has 3 nitrogen and oxygen atoms in total. The second-order valence-corrected chi connectivity index (χ2v) is 7.11. The van der Waals surface area contributed by atoms with E-state index < -0.39 is 0 Å². The summed E-state index contributed by atoms with van der Waals surface area (Å²) in [7, 11) is 0. The number of nitrogens with zero attached hydrogens (tertiary/aromatic N) is 1. The zero-order chi connectivity index (χ0) is 19.1. The van der Waals surface area contributed by atoms with Gasteiger partial charge in [-0.1, -0.05) is 80.6 Å². The highest BCUT2D eigenvalue weighted by Crippen LogP contribution is 2.25. The van der Waals surface area contributed by atoms with Crippen LogP contribution in [0.1, 0.15) is 54.9 Å². The minimum absolute atomic E-state index is 0.0162. The van der Waals surface area contributed by atoms with Gasteiger partial charge >= 0.3 is 0 Å². The van der Waals surface area contributed by atoms with Crippen LogP contribution in [0.5, 0.6) is 0 Å². The van der Waals surface area contributed by atoms with Crippen molar-refractivity contribution < 1.29 is 4.79 Å². The van der Waals surface area contributed by atoms with Crippen molar-refractivity contribution in [2.75, 3.05) is 6.54 Å². The van der Waals surface area contributed by atoms with Crippen LogP contribution in [0.3, 0.4) is 0 Å². The number of unbranched alkanes of at least 4 members (excludes halogenated alkanes) is 4. The van der Waals surface area contributed by atoms with Gasteiger partial charge in [-0.05, 0) is 25.5 Å². The number of hydrogen-bond donors (Lipinski definition) is 1. The van der Waals surface area contributed by atoms with Crippen molar-refractivity contribution in [2.24, 2.45) is 0 Å². The summed E-state index contributed by atoms with van der Waals surface area (Å²) in [5, 5.41) is 3.99. The number of aryl methyl sites for hydroxylation is 1. The molecular weight excluding hydrogens is 332 g/mol. The zero-order valence-electron chi connectivity index (χ0n) is 16.3. The lowest BCUT2D eigenvalue weighted by atomic mass is 10.0. The average Bonchev–Trinajstić information content (AvgIpc) is 2.70. The van der Waals surface area contributed by atoms with Gasteiger partial charge in [0, 0.05) is 17.5 Å². The highest BCUT2D eigenvalue weighted by molar-refractivity contribution is 6.07. The number of carbonyl (C=O) groups excluding carboxylic acids is 1. The Morgan fingerprint density at radius 2 is 1.70 bits per heavy atom. The van der Waals surface area contributed by atoms with E-state index in [1.807, 2.05) is 30.3 Å². The molecule has 1 aromatic heterocycles. The summed E-state index contributed by atoms with van der Waals surface area (Å²) in [6.07, 6.45) is 5.93. The predicted molar refractivity (Wildman–Crippen MR) is 113 cm³/mol. The van der Waals surface area contributed by atoms with Crippen LogP contribution >= 0.6 is 0 Å². The SMILES string of the molecule is CCCCCCCNC(=O)c1cc(-c2ccc(C)cc2)nc2ccccc12. The van der Waals surface area contributed by atoms with Crippen molar-refractivity contribution in [1.82, 2.24) is 10.3 Å². The lowest BCUT2D eigenvalue weighted by Gasteiger charge is -2.11. The number of rotatable bonds is 8. The quantitative estimate of drug-likeness (QED) is 0.507. The number of benzene rings is 2. The van der Waals surface area contributed by atoms with E-state index in [-0.39, 0.29) is 5.91 Å². The van der Waals surface area contributed by atoms with E-state index in [0.717, 1.165) is 35.1 Å². The van der Waals surface area contributed by atoms with Crippen LogP contribution in [0.15, 0.2) is 54.6 Å². The Labute approximate surface area is 161 Å². The van der Waals surface area contributed by atoms with Gasteiger partial charge in [0.15, 0.2) is 0 Å². The van der Waals surface area contributed by atoms with Crippen LogP contribution in [0.25, 0.3) is 22.2 Å². The van der Waals surface area contributed by atoms with E-state index in [4.69, 9.17) is 4.98 Å². The highest BCUT2D eigenvalue weighted by atomic mass is 16.1. The number of pyridine rings is 1. The van der Waals surface area contributed by atoms with Crippen LogP contribution in [-0.4, -0.2) is 17.4 Å². The Balaban J connectivity index is 1.82. The van der Waals surface area contributed by atoms with Crippen LogP contribution in [0.4, 0.5) is 0 Å². The normalized spacial score (nSPS) is 10.9. The first-order chi connectivity index (χ1) is 13.2. The second-order valence-electron chi connectivity index (χ2n) is 7.11. The summed E-state index contributed by atoms with van der Waals surface area (Å²) >= 11 is 0. The topological polar surface area (TPSA) is 42.0 Å². The Hall–Kier alpha value is -2.68. The van der Waals surface area contributed by atoms with Gasteiger partial charge in [-0.3, -0.25) is 4.79 Å². The molecule has 0 saturated heterocycles. The van der Waals surface area contributed by atoms with Crippen LogP contribution in [0, 0.1) is 6.92 Å². The van der Waals surface area contributed by atoms with Gasteiger partial charge in [-0.2, -0.15) is 0 Å². The Morgan fingerprint density at radius 1 is 0.963 bits per heavy atom. The summed E-state index contributed by atoms with van der Waals surface area (Å²) in [5.74, 6) is -0.0162. The Kier molecular flexibility index (Phi) is 6.59. The molecule has 0 aliphatic heterocycles. The minimum atomic E-state index is -0.0162. The first-order valence-corrected chi connectivity index (χ1v) is 9.94. The lowest BCUT2D eigenvalue weighted by Crippen LogP contribution is -2.24. The molecule has 2 aromatic carbocycles. The van der Waals surface area contributed by atoms with Gasteiger partial charge in [-0.25, -0.2) is 4.98 Å². The van der Waals surface area contributed by atoms with Crippen LogP contribution in [-0.2, 0) is 0 Å².